The highest BCUT2D eigenvalue weighted by molar-refractivity contribution is 6.07. The topological polar surface area (TPSA) is 37.9 Å². The largest absolute Gasteiger partial charge is 0.348 e. The van der Waals surface area contributed by atoms with Crippen LogP contribution in [0.5, 0.6) is 0 Å². The van der Waals surface area contributed by atoms with Gasteiger partial charge in [-0.3, -0.25) is 0 Å². The number of hydrogen-bond acceptors (Lipinski definition) is 2. The fourth-order valence-electron chi connectivity index (χ4n) is 4.04. The molecule has 4 heteroatoms. The number of nitrogens with zero attached hydrogens (tertiary/aromatic N) is 3. The van der Waals surface area contributed by atoms with E-state index in [1.165, 1.54) is 5.56 Å². The molecular weight excluding hydrogens is 358 g/mol. The molecule has 1 aromatic carbocycles. The first kappa shape index (κ1) is 19.3. The van der Waals surface area contributed by atoms with E-state index in [-0.39, 0.29) is 11.3 Å². The Balaban J connectivity index is 1.78. The average Bonchev–Trinajstić information content (AvgIpc) is 3.16. The molecule has 0 saturated heterocycles. The van der Waals surface area contributed by atoms with Crippen LogP contribution in [0, 0.1) is 13.8 Å². The van der Waals surface area contributed by atoms with E-state index in [0.717, 1.165) is 40.2 Å². The van der Waals surface area contributed by atoms with Gasteiger partial charge in [0.05, 0.1) is 11.1 Å². The van der Waals surface area contributed by atoms with Gasteiger partial charge in [-0.15, -0.1) is 0 Å². The quantitative estimate of drug-likeness (QED) is 0.576. The van der Waals surface area contributed by atoms with E-state index in [2.05, 4.69) is 74.5 Å². The third-order valence-electron chi connectivity index (χ3n) is 5.82. The minimum atomic E-state index is -0.0120. The van der Waals surface area contributed by atoms with Crippen molar-refractivity contribution >= 4 is 17.9 Å². The van der Waals surface area contributed by atoms with Crippen molar-refractivity contribution in [3.05, 3.63) is 76.2 Å². The molecule has 0 unspecified atom stereocenters. The van der Waals surface area contributed by atoms with Crippen molar-refractivity contribution in [2.75, 3.05) is 0 Å². The van der Waals surface area contributed by atoms with Crippen LogP contribution >= 0.6 is 0 Å². The number of carbonyl (C=O) groups is 1. The monoisotopic (exact) mass is 386 g/mol. The summed E-state index contributed by atoms with van der Waals surface area (Å²) in [5, 5.41) is 0. The fraction of sp³-hybridized carbons (Fsp3) is 0.320. The standard InChI is InChI=1S/C25H28N3O/c1-7-18-9-8-10-20(13-18)28-16(2)21-15-27(24(29)23(21)17(28)3)22-12-11-19(14-26-22)25(4,5)6/h8-15H,7H2,1-6H3/q+1. The molecular formula is C25H28N3O+. The SMILES string of the molecule is CCc1cccc(-n2c(C)c3c(c2C)C(=O)[N+](c2ccc(C(C)(C)C)cn2)=C3)c1. The van der Waals surface area contributed by atoms with Gasteiger partial charge in [0.15, 0.2) is 0 Å². The van der Waals surface area contributed by atoms with Crippen molar-refractivity contribution in [2.24, 2.45) is 0 Å². The number of aromatic nitrogens is 2. The lowest BCUT2D eigenvalue weighted by molar-refractivity contribution is -0.330. The maximum absolute atomic E-state index is 13.3. The summed E-state index contributed by atoms with van der Waals surface area (Å²) < 4.78 is 3.86. The van der Waals surface area contributed by atoms with Crippen LogP contribution in [0.1, 0.15) is 66.1 Å². The molecule has 0 spiro atoms. The molecule has 0 N–H and O–H groups in total. The number of aryl methyl sites for hydroxylation is 1. The first-order valence-electron chi connectivity index (χ1n) is 10.2. The Kier molecular flexibility index (Phi) is 4.53. The normalized spacial score (nSPS) is 13.6. The zero-order valence-electron chi connectivity index (χ0n) is 18.1. The van der Waals surface area contributed by atoms with Crippen LogP contribution in [0.25, 0.3) is 5.69 Å². The number of amides is 1. The van der Waals surface area contributed by atoms with E-state index < -0.39 is 0 Å². The summed E-state index contributed by atoms with van der Waals surface area (Å²) in [5.74, 6) is 0.652. The molecule has 148 valence electrons. The summed E-state index contributed by atoms with van der Waals surface area (Å²) >= 11 is 0. The van der Waals surface area contributed by atoms with Crippen molar-refractivity contribution in [1.29, 1.82) is 0 Å². The molecule has 0 bridgehead atoms. The van der Waals surface area contributed by atoms with Crippen molar-refractivity contribution in [3.8, 4) is 5.69 Å². The van der Waals surface area contributed by atoms with E-state index >= 15 is 0 Å². The van der Waals surface area contributed by atoms with Crippen LogP contribution in [0.2, 0.25) is 0 Å². The maximum Gasteiger partial charge on any atom is 0.348 e. The van der Waals surface area contributed by atoms with Crippen LogP contribution in [0.3, 0.4) is 0 Å². The van der Waals surface area contributed by atoms with E-state index in [0.29, 0.717) is 5.82 Å². The summed E-state index contributed by atoms with van der Waals surface area (Å²) in [7, 11) is 0. The molecule has 2 aromatic heterocycles. The molecule has 0 saturated carbocycles. The zero-order chi connectivity index (χ0) is 20.9. The summed E-state index contributed by atoms with van der Waals surface area (Å²) in [6, 6.07) is 12.5. The molecule has 1 aliphatic rings. The van der Waals surface area contributed by atoms with Gasteiger partial charge in [0.25, 0.3) is 0 Å². The molecule has 1 amide bonds. The van der Waals surface area contributed by atoms with Gasteiger partial charge >= 0.3 is 11.7 Å². The molecule has 3 aromatic rings. The summed E-state index contributed by atoms with van der Waals surface area (Å²) in [5.41, 5.74) is 7.38. The Morgan fingerprint density at radius 3 is 2.41 bits per heavy atom. The Morgan fingerprint density at radius 1 is 1.07 bits per heavy atom. The lowest BCUT2D eigenvalue weighted by Crippen LogP contribution is -2.16. The zero-order valence-corrected chi connectivity index (χ0v) is 18.1. The summed E-state index contributed by atoms with van der Waals surface area (Å²) in [6.07, 6.45) is 4.79. The van der Waals surface area contributed by atoms with Gasteiger partial charge in [-0.1, -0.05) is 39.8 Å². The van der Waals surface area contributed by atoms with Gasteiger partial charge < -0.3 is 4.57 Å². The minimum Gasteiger partial charge on any atom is -0.317 e. The highest BCUT2D eigenvalue weighted by Crippen LogP contribution is 2.31. The van der Waals surface area contributed by atoms with Gasteiger partial charge in [0.2, 0.25) is 0 Å². The van der Waals surface area contributed by atoms with Crippen molar-refractivity contribution in [3.63, 3.8) is 0 Å². The van der Waals surface area contributed by atoms with Crippen LogP contribution in [0.15, 0.2) is 42.6 Å². The predicted molar refractivity (Wildman–Crippen MR) is 117 cm³/mol. The first-order chi connectivity index (χ1) is 13.7. The van der Waals surface area contributed by atoms with Crippen molar-refractivity contribution in [2.45, 2.75) is 53.4 Å². The molecule has 4 nitrogen and oxygen atoms in total. The number of pyridine rings is 1. The number of benzene rings is 1. The molecule has 0 fully saturated rings. The Morgan fingerprint density at radius 2 is 1.83 bits per heavy atom. The molecule has 3 heterocycles. The fourth-order valence-corrected chi connectivity index (χ4v) is 4.04. The lowest BCUT2D eigenvalue weighted by atomic mass is 9.88. The smallest absolute Gasteiger partial charge is 0.317 e. The van der Waals surface area contributed by atoms with Crippen molar-refractivity contribution in [1.82, 2.24) is 9.55 Å². The number of rotatable bonds is 3. The second kappa shape index (κ2) is 6.80. The van der Waals surface area contributed by atoms with Crippen LogP contribution in [-0.2, 0) is 11.8 Å². The number of fused-ring (bicyclic) bond motifs is 1. The molecule has 0 aliphatic carbocycles. The highest BCUT2D eigenvalue weighted by atomic mass is 16.2. The number of carbonyl (C=O) groups excluding carboxylic acids is 1. The predicted octanol–water partition coefficient (Wildman–Crippen LogP) is 5.27. The van der Waals surface area contributed by atoms with E-state index in [1.54, 1.807) is 4.58 Å². The van der Waals surface area contributed by atoms with E-state index in [9.17, 15) is 4.79 Å². The Labute approximate surface area is 172 Å². The highest BCUT2D eigenvalue weighted by Gasteiger charge is 2.36. The third kappa shape index (κ3) is 3.13. The van der Waals surface area contributed by atoms with Crippen molar-refractivity contribution < 1.29 is 9.37 Å². The maximum atomic E-state index is 13.3. The first-order valence-corrected chi connectivity index (χ1v) is 10.2. The average molecular weight is 387 g/mol. The van der Waals surface area contributed by atoms with Gasteiger partial charge in [0.1, 0.15) is 12.4 Å². The van der Waals surface area contributed by atoms with Crippen LogP contribution in [0.4, 0.5) is 5.82 Å². The molecule has 29 heavy (non-hydrogen) atoms. The van der Waals surface area contributed by atoms with Gasteiger partial charge in [-0.25, -0.2) is 4.79 Å². The van der Waals surface area contributed by atoms with Gasteiger partial charge in [-0.2, -0.15) is 4.58 Å². The second-order valence-corrected chi connectivity index (χ2v) is 8.78. The molecule has 1 aliphatic heterocycles. The van der Waals surface area contributed by atoms with E-state index in [1.807, 2.05) is 25.4 Å². The Bertz CT molecular complexity index is 1140. The van der Waals surface area contributed by atoms with E-state index in [4.69, 9.17) is 0 Å². The lowest BCUT2D eigenvalue weighted by Gasteiger charge is -2.16. The molecule has 4 rings (SSSR count). The third-order valence-corrected chi connectivity index (χ3v) is 5.82. The Hall–Kier alpha value is -3.01. The number of hydrogen-bond donors (Lipinski definition) is 0. The molecule has 0 atom stereocenters. The van der Waals surface area contributed by atoms with Crippen LogP contribution in [-0.4, -0.2) is 26.2 Å². The molecule has 0 radical (unpaired) electrons. The second-order valence-electron chi connectivity index (χ2n) is 8.78. The van der Waals surface area contributed by atoms with Gasteiger partial charge in [0, 0.05) is 28.7 Å². The minimum absolute atomic E-state index is 0.0120. The summed E-state index contributed by atoms with van der Waals surface area (Å²) in [4.78, 5) is 17.8. The van der Waals surface area contributed by atoms with Gasteiger partial charge in [-0.05, 0) is 54.4 Å². The van der Waals surface area contributed by atoms with Crippen LogP contribution < -0.4 is 0 Å². The summed E-state index contributed by atoms with van der Waals surface area (Å²) in [6.45, 7) is 12.7.